The second-order valence-electron chi connectivity index (χ2n) is 25.9. The van der Waals surface area contributed by atoms with E-state index in [1.807, 2.05) is 72.6 Å². The molecule has 2 bridgehead atoms. The molecule has 5 aliphatic rings. The van der Waals surface area contributed by atoms with Crippen LogP contribution in [-0.4, -0.2) is 160 Å². The summed E-state index contributed by atoms with van der Waals surface area (Å²) in [5.74, 6) is 3.70. The predicted octanol–water partition coefficient (Wildman–Crippen LogP) is 2.03. The molecule has 2 unspecified atom stereocenters. The number of likely N-dealkylation sites (N-methyl/N-ethyl adjacent to an activating group) is 1. The summed E-state index contributed by atoms with van der Waals surface area (Å²) in [5, 5.41) is 24.4. The lowest BCUT2D eigenvalue weighted by Crippen LogP contribution is -2.65. The Hall–Kier alpha value is -8.90. The van der Waals surface area contributed by atoms with E-state index < -0.39 is 131 Å². The van der Waals surface area contributed by atoms with Crippen molar-refractivity contribution in [1.82, 2.24) is 31.5 Å². The number of aliphatic carboxylic acids is 1. The predicted molar refractivity (Wildman–Crippen MR) is 362 cm³/mol. The fourth-order valence-electron chi connectivity index (χ4n) is 14.3. The molecule has 5 aliphatic heterocycles. The van der Waals surface area contributed by atoms with E-state index in [4.69, 9.17) is 23.3 Å². The number of aliphatic imine (C=N–C) groups is 1. The third-order valence-electron chi connectivity index (χ3n) is 18.6. The van der Waals surface area contributed by atoms with Crippen LogP contribution < -0.4 is 59.5 Å². The van der Waals surface area contributed by atoms with E-state index in [1.165, 1.54) is 17.0 Å². The molecule has 16 N–H and O–H groups in total. The number of fused-ring (bicyclic) bond motifs is 7. The van der Waals surface area contributed by atoms with Gasteiger partial charge in [0, 0.05) is 89.7 Å². The van der Waals surface area contributed by atoms with Crippen molar-refractivity contribution < 1.29 is 81.6 Å². The van der Waals surface area contributed by atoms with E-state index in [2.05, 4.69) is 58.9 Å². The maximum absolute atomic E-state index is 14.7. The number of carbonyl (C=O) groups excluding carboxylic acids is 6. The third-order valence-corrected chi connectivity index (χ3v) is 21.4. The number of piperidine rings is 1. The molecule has 31 nitrogen and oxygen atoms in total. The normalized spacial score (nSPS) is 22.4. The molecule has 3 fully saturated rings. The second-order valence-corrected chi connectivity index (χ2v) is 30.1. The summed E-state index contributed by atoms with van der Waals surface area (Å²) in [6.45, 7) is 12.0. The number of allylic oxidation sites excluding steroid dienone is 6. The number of unbranched alkanes of at least 4 members (excludes halogenated alkanes) is 2. The highest BCUT2D eigenvalue weighted by molar-refractivity contribution is 7.87. The van der Waals surface area contributed by atoms with Crippen molar-refractivity contribution in [3.8, 4) is 0 Å². The molecule has 0 aromatic heterocycles. The van der Waals surface area contributed by atoms with Crippen LogP contribution >= 0.6 is 0 Å². The quantitative estimate of drug-likeness (QED) is 0.00908. The number of hydrogen-bond acceptors (Lipinski definition) is 19. The molecule has 4 aromatic carbocycles. The van der Waals surface area contributed by atoms with Gasteiger partial charge < -0.3 is 53.0 Å². The van der Waals surface area contributed by atoms with Crippen molar-refractivity contribution >= 4 is 122 Å². The molecule has 5 heterocycles. The minimum atomic E-state index is -4.92. The van der Waals surface area contributed by atoms with E-state index >= 15 is 0 Å². The number of amides is 6. The zero-order valence-electron chi connectivity index (χ0n) is 54.9. The molecule has 0 saturated carbocycles. The number of nitrogens with two attached hydrogens (primary N) is 4. The summed E-state index contributed by atoms with van der Waals surface area (Å²) in [5.41, 5.74) is 14.4. The van der Waals surface area contributed by atoms with Gasteiger partial charge in [0.1, 0.15) is 40.5 Å². The first-order valence-corrected chi connectivity index (χ1v) is 36.1. The lowest BCUT2D eigenvalue weighted by Gasteiger charge is -2.42. The topological polar surface area (TPSA) is 479 Å². The van der Waals surface area contributed by atoms with Crippen LogP contribution in [0.2, 0.25) is 0 Å². The van der Waals surface area contributed by atoms with Crippen LogP contribution in [0.15, 0.2) is 99.4 Å². The highest BCUT2D eigenvalue weighted by Gasteiger charge is 2.52. The van der Waals surface area contributed by atoms with E-state index in [0.717, 1.165) is 34.1 Å². The Morgan fingerprint density at radius 2 is 1.47 bits per heavy atom. The van der Waals surface area contributed by atoms with Gasteiger partial charge in [0.15, 0.2) is 11.7 Å². The summed E-state index contributed by atoms with van der Waals surface area (Å²) in [4.78, 5) is 102. The van der Waals surface area contributed by atoms with Crippen LogP contribution in [0.3, 0.4) is 0 Å². The number of guanidine groups is 1. The van der Waals surface area contributed by atoms with Crippen molar-refractivity contribution in [3.63, 3.8) is 0 Å². The summed E-state index contributed by atoms with van der Waals surface area (Å²) < 4.78 is 100. The van der Waals surface area contributed by atoms with Gasteiger partial charge in [-0.05, 0) is 131 Å². The first-order chi connectivity index (χ1) is 46.1. The summed E-state index contributed by atoms with van der Waals surface area (Å²) >= 11 is 0. The molecule has 6 atom stereocenters. The lowest BCUT2D eigenvalue weighted by molar-refractivity contribution is -0.438. The van der Waals surface area contributed by atoms with Crippen molar-refractivity contribution in [1.29, 1.82) is 0 Å². The maximum Gasteiger partial charge on any atom is 0.357 e. The summed E-state index contributed by atoms with van der Waals surface area (Å²) in [6, 6.07) is 6.88. The molecule has 528 valence electrons. The standard InChI is InChI=1S/C64H82N14O17S3/c1-7-76-45-23-20-39-41(27-35(2)28-48(39)96(87,88)94-67)55(45)63(3,4)50(76)16-10-8-11-17-51-64(5,6)56-42-30-37(75-98(91,92)93)31-49(97(89,90)95-68)40(42)21-24-46(56)77(51)26-13-9-12-18-52(79)70-33-36-29-38-19-22-47-60(85)73-43(15-14-25-69-62(65)66)58(83)71-34-53(80)72-44(32-54(81)82)59(84)74-57(36)61(86)78(38)47/h8,10-11,16-17,20-21,23-24,27-28,30-31,36,38,43-44,47,57,75H,7,9,12-15,18-19,22,25-26,29,32-34,67-68H2,1-6H3,(H10-,65,66,69,70,71,72,73,74,79,80,81,82,83,84,85,91,92,93)/p+1/t36?,38-,43?,44-,47-,57+/m0/s1. The highest BCUT2D eigenvalue weighted by atomic mass is 32.2. The Bertz CT molecular complexity index is 4430. The van der Waals surface area contributed by atoms with Gasteiger partial charge in [-0.3, -0.25) is 47.8 Å². The third kappa shape index (κ3) is 15.5. The van der Waals surface area contributed by atoms with Crippen LogP contribution in [0.25, 0.3) is 21.5 Å². The van der Waals surface area contributed by atoms with Crippen LogP contribution in [0, 0.1) is 12.8 Å². The molecule has 4 aromatic rings. The molecule has 3 saturated heterocycles. The Balaban J connectivity index is 0.954. The molecular formula is C64H83N14O17S3+. The second kappa shape index (κ2) is 29.3. The minimum Gasteiger partial charge on any atom is -0.481 e. The zero-order valence-corrected chi connectivity index (χ0v) is 57.4. The maximum atomic E-state index is 14.7. The number of hydrogen-bond donors (Lipinski definition) is 12. The van der Waals surface area contributed by atoms with Crippen LogP contribution in [0.4, 0.5) is 17.1 Å². The van der Waals surface area contributed by atoms with E-state index in [1.54, 1.807) is 25.1 Å². The number of carbonyl (C=O) groups is 7. The van der Waals surface area contributed by atoms with Crippen LogP contribution in [0.1, 0.15) is 116 Å². The van der Waals surface area contributed by atoms with E-state index in [-0.39, 0.29) is 73.0 Å². The number of benzene rings is 4. The monoisotopic (exact) mass is 1420 g/mol. The van der Waals surface area contributed by atoms with Crippen molar-refractivity contribution in [2.45, 2.75) is 157 Å². The number of nitrogens with one attached hydrogen (secondary N) is 6. The largest absolute Gasteiger partial charge is 0.481 e. The SMILES string of the molecule is CCN1C(=CC=CC=CC2=[N+](CCCCCC(=O)NCC3C[C@@H]4CC[C@H]5C(=O)NC(CCCN=C(N)N)C(=O)NCC(=O)N[C@@H](CC(=O)O)C(=O)N[C@H]3C(=O)N45)c3ccc4c(S(=O)(=O)ON)cc(NS(=O)(=O)O)cc4c3C2(C)C)C(C)(C)c2c1ccc1c(S(=O)(=O)ON)cc(C)cc21. The fraction of sp³-hybridized carbons (Fsp3) is 0.453. The first-order valence-electron chi connectivity index (χ1n) is 31.9. The van der Waals surface area contributed by atoms with Gasteiger partial charge in [-0.25, -0.2) is 0 Å². The molecule has 6 amide bonds. The van der Waals surface area contributed by atoms with Gasteiger partial charge in [0.25, 0.3) is 0 Å². The van der Waals surface area contributed by atoms with Gasteiger partial charge in [-0.1, -0.05) is 44.2 Å². The Morgan fingerprint density at radius 3 is 2.13 bits per heavy atom. The van der Waals surface area contributed by atoms with Gasteiger partial charge in [-0.15, -0.1) is 0 Å². The molecule has 34 heteroatoms. The average molecular weight is 1420 g/mol. The smallest absolute Gasteiger partial charge is 0.357 e. The number of aryl methyl sites for hydroxylation is 1. The van der Waals surface area contributed by atoms with Gasteiger partial charge >= 0.3 is 36.5 Å². The van der Waals surface area contributed by atoms with Gasteiger partial charge in [0.05, 0.1) is 24.1 Å². The molecule has 9 rings (SSSR count). The Kier molecular flexibility index (Phi) is 21.9. The zero-order chi connectivity index (χ0) is 71.6. The van der Waals surface area contributed by atoms with E-state index in [0.29, 0.717) is 66.4 Å². The molecule has 0 radical (unpaired) electrons. The van der Waals surface area contributed by atoms with Gasteiger partial charge in [0.2, 0.25) is 41.1 Å². The molecule has 0 spiro atoms. The molecule has 0 aliphatic carbocycles. The van der Waals surface area contributed by atoms with Crippen molar-refractivity contribution in [2.24, 2.45) is 34.2 Å². The summed E-state index contributed by atoms with van der Waals surface area (Å²) in [6.07, 6.45) is 11.0. The average Bonchev–Trinajstić information content (AvgIpc) is 1.54. The summed E-state index contributed by atoms with van der Waals surface area (Å²) in [7, 11) is -13.9. The van der Waals surface area contributed by atoms with Crippen molar-refractivity contribution in [2.75, 3.05) is 42.3 Å². The number of nitrogens with zero attached hydrogens (tertiary/aromatic N) is 4. The van der Waals surface area contributed by atoms with Crippen LogP contribution in [0.5, 0.6) is 0 Å². The lowest BCUT2D eigenvalue weighted by atomic mass is 9.79. The number of rotatable bonds is 24. The van der Waals surface area contributed by atoms with Crippen molar-refractivity contribution in [3.05, 3.63) is 101 Å². The number of anilines is 2. The minimum absolute atomic E-state index is 0.0228. The number of carboxylic acids is 1. The Morgan fingerprint density at radius 1 is 0.786 bits per heavy atom. The highest BCUT2D eigenvalue weighted by Crippen LogP contribution is 2.52. The van der Waals surface area contributed by atoms with Gasteiger partial charge in [-0.2, -0.15) is 50.2 Å². The van der Waals surface area contributed by atoms with Crippen LogP contribution in [-0.2, 0) is 83.5 Å². The van der Waals surface area contributed by atoms with E-state index in [9.17, 15) is 68.5 Å². The fourth-order valence-corrected chi connectivity index (χ4v) is 16.5. The molecule has 98 heavy (non-hydrogen) atoms. The first kappa shape index (κ1) is 73.3. The Labute approximate surface area is 566 Å². The number of carboxylic acid groups (broad SMARTS) is 1. The molecular weight excluding hydrogens is 1330 g/mol.